The lowest BCUT2D eigenvalue weighted by molar-refractivity contribution is 0.1000. The van der Waals surface area contributed by atoms with Crippen LogP contribution in [0.25, 0.3) is 11.0 Å². The van der Waals surface area contributed by atoms with Gasteiger partial charge in [0.15, 0.2) is 9.84 Å². The van der Waals surface area contributed by atoms with Crippen molar-refractivity contribution in [3.63, 3.8) is 0 Å². The van der Waals surface area contributed by atoms with E-state index in [-0.39, 0.29) is 10.5 Å². The van der Waals surface area contributed by atoms with Gasteiger partial charge in [0.2, 0.25) is 5.91 Å². The summed E-state index contributed by atoms with van der Waals surface area (Å²) in [7, 11) is -3.57. The van der Waals surface area contributed by atoms with Gasteiger partial charge in [-0.1, -0.05) is 6.07 Å². The first-order valence-electron chi connectivity index (χ1n) is 7.07. The number of aromatic nitrogens is 2. The molecule has 0 spiro atoms. The Labute approximate surface area is 132 Å². The zero-order valence-electron chi connectivity index (χ0n) is 12.0. The molecule has 1 aliphatic rings. The Kier molecular flexibility index (Phi) is 2.83. The number of H-pyrrole nitrogens is 1. The molecular formula is C16H13N3O3S. The standard InChI is InChI=1S/C16H13N3O3S/c17-15(20)10-2-1-9-7-14(23(21,22)13(9)8-10)11-3-5-18-16-12(11)4-6-19-16/h1-6,8,14H,7H2,(H2,17,20)(H,18,19). The van der Waals surface area contributed by atoms with Gasteiger partial charge in [0.25, 0.3) is 0 Å². The summed E-state index contributed by atoms with van der Waals surface area (Å²) >= 11 is 0. The van der Waals surface area contributed by atoms with Gasteiger partial charge in [-0.25, -0.2) is 13.4 Å². The Morgan fingerprint density at radius 1 is 1.26 bits per heavy atom. The molecule has 1 amide bonds. The quantitative estimate of drug-likeness (QED) is 0.747. The number of rotatable bonds is 2. The van der Waals surface area contributed by atoms with Crippen molar-refractivity contribution in [3.05, 3.63) is 59.4 Å². The van der Waals surface area contributed by atoms with Crippen LogP contribution < -0.4 is 5.73 Å². The van der Waals surface area contributed by atoms with E-state index in [0.717, 1.165) is 5.39 Å². The highest BCUT2D eigenvalue weighted by molar-refractivity contribution is 7.92. The fraction of sp³-hybridized carbons (Fsp3) is 0.125. The molecule has 1 atom stereocenters. The summed E-state index contributed by atoms with van der Waals surface area (Å²) in [5.74, 6) is -0.636. The van der Waals surface area contributed by atoms with Crippen molar-refractivity contribution in [2.45, 2.75) is 16.6 Å². The van der Waals surface area contributed by atoms with Crippen LogP contribution in [0.4, 0.5) is 0 Å². The predicted octanol–water partition coefficient (Wildman–Crippen LogP) is 1.73. The van der Waals surface area contributed by atoms with E-state index >= 15 is 0 Å². The van der Waals surface area contributed by atoms with Crippen LogP contribution in [0.5, 0.6) is 0 Å². The lowest BCUT2D eigenvalue weighted by Gasteiger charge is -2.11. The number of carbonyl (C=O) groups excluding carboxylic acids is 1. The largest absolute Gasteiger partial charge is 0.366 e. The van der Waals surface area contributed by atoms with Crippen molar-refractivity contribution in [1.82, 2.24) is 9.97 Å². The Morgan fingerprint density at radius 3 is 2.87 bits per heavy atom. The minimum atomic E-state index is -3.57. The molecule has 0 saturated heterocycles. The van der Waals surface area contributed by atoms with Crippen molar-refractivity contribution in [3.8, 4) is 0 Å². The maximum atomic E-state index is 12.9. The summed E-state index contributed by atoms with van der Waals surface area (Å²) < 4.78 is 25.9. The number of nitrogens with one attached hydrogen (secondary N) is 1. The molecule has 1 unspecified atom stereocenters. The number of amides is 1. The third-order valence-corrected chi connectivity index (χ3v) is 6.44. The third kappa shape index (κ3) is 1.97. The lowest BCUT2D eigenvalue weighted by Crippen LogP contribution is -2.12. The summed E-state index contributed by atoms with van der Waals surface area (Å²) in [5.41, 5.74) is 7.54. The van der Waals surface area contributed by atoms with Crippen LogP contribution in [-0.4, -0.2) is 24.3 Å². The maximum Gasteiger partial charge on any atom is 0.248 e. The molecule has 23 heavy (non-hydrogen) atoms. The van der Waals surface area contributed by atoms with Crippen molar-refractivity contribution >= 4 is 26.8 Å². The van der Waals surface area contributed by atoms with Gasteiger partial charge in [-0.15, -0.1) is 0 Å². The first kappa shape index (κ1) is 14.0. The van der Waals surface area contributed by atoms with Crippen molar-refractivity contribution in [2.24, 2.45) is 5.73 Å². The van der Waals surface area contributed by atoms with E-state index in [2.05, 4.69) is 9.97 Å². The molecule has 7 heteroatoms. The van der Waals surface area contributed by atoms with E-state index in [4.69, 9.17) is 5.73 Å². The maximum absolute atomic E-state index is 12.9. The molecule has 1 aliphatic heterocycles. The van der Waals surface area contributed by atoms with E-state index in [1.54, 1.807) is 30.6 Å². The Bertz CT molecular complexity index is 1050. The predicted molar refractivity (Wildman–Crippen MR) is 84.7 cm³/mol. The van der Waals surface area contributed by atoms with Crippen LogP contribution in [0.2, 0.25) is 0 Å². The van der Waals surface area contributed by atoms with E-state index in [0.29, 0.717) is 23.2 Å². The average Bonchev–Trinajstić information content (AvgIpc) is 3.09. The fourth-order valence-corrected chi connectivity index (χ4v) is 5.20. The van der Waals surface area contributed by atoms with Gasteiger partial charge in [0.05, 0.1) is 10.1 Å². The van der Waals surface area contributed by atoms with Crippen LogP contribution in [0.1, 0.15) is 26.7 Å². The van der Waals surface area contributed by atoms with Crippen LogP contribution in [0, 0.1) is 0 Å². The topological polar surface area (TPSA) is 106 Å². The summed E-state index contributed by atoms with van der Waals surface area (Å²) in [6.07, 6.45) is 3.71. The second kappa shape index (κ2) is 4.66. The molecule has 0 bridgehead atoms. The molecule has 3 N–H and O–H groups in total. The molecule has 6 nitrogen and oxygen atoms in total. The molecule has 2 aromatic heterocycles. The van der Waals surface area contributed by atoms with Crippen molar-refractivity contribution in [1.29, 1.82) is 0 Å². The highest BCUT2D eigenvalue weighted by Crippen LogP contribution is 2.42. The van der Waals surface area contributed by atoms with E-state index < -0.39 is 21.0 Å². The molecule has 1 aromatic carbocycles. The van der Waals surface area contributed by atoms with Crippen LogP contribution in [0.15, 0.2) is 47.6 Å². The number of hydrogen-bond donors (Lipinski definition) is 2. The summed E-state index contributed by atoms with van der Waals surface area (Å²) in [4.78, 5) is 18.7. The fourth-order valence-electron chi connectivity index (χ4n) is 3.14. The number of aromatic amines is 1. The first-order chi connectivity index (χ1) is 11.0. The Hall–Kier alpha value is -2.67. The summed E-state index contributed by atoms with van der Waals surface area (Å²) in [5, 5.41) is 0.117. The number of carbonyl (C=O) groups is 1. The smallest absolute Gasteiger partial charge is 0.248 e. The molecule has 116 valence electrons. The summed E-state index contributed by atoms with van der Waals surface area (Å²) in [6.45, 7) is 0. The number of hydrogen-bond acceptors (Lipinski definition) is 4. The van der Waals surface area contributed by atoms with Gasteiger partial charge in [-0.2, -0.15) is 0 Å². The van der Waals surface area contributed by atoms with Gasteiger partial charge in [0, 0.05) is 23.3 Å². The second-order valence-corrected chi connectivity index (χ2v) is 7.66. The number of benzene rings is 1. The number of nitrogens with zero attached hydrogens (tertiary/aromatic N) is 1. The van der Waals surface area contributed by atoms with Gasteiger partial charge < -0.3 is 10.7 Å². The zero-order valence-corrected chi connectivity index (χ0v) is 12.8. The van der Waals surface area contributed by atoms with Crippen LogP contribution in [0.3, 0.4) is 0 Å². The zero-order chi connectivity index (χ0) is 16.2. The SMILES string of the molecule is NC(=O)c1ccc2c(c1)S(=O)(=O)C(c1ccnc3[nH]ccc13)C2. The minimum absolute atomic E-state index is 0.194. The highest BCUT2D eigenvalue weighted by Gasteiger charge is 2.39. The molecular weight excluding hydrogens is 314 g/mol. The molecule has 3 aromatic rings. The number of nitrogens with two attached hydrogens (primary N) is 1. The van der Waals surface area contributed by atoms with Gasteiger partial charge >= 0.3 is 0 Å². The van der Waals surface area contributed by atoms with Crippen LogP contribution >= 0.6 is 0 Å². The average molecular weight is 327 g/mol. The van der Waals surface area contributed by atoms with E-state index in [1.165, 1.54) is 6.07 Å². The summed E-state index contributed by atoms with van der Waals surface area (Å²) in [6, 6.07) is 8.17. The third-order valence-electron chi connectivity index (χ3n) is 4.28. The Morgan fingerprint density at radius 2 is 2.09 bits per heavy atom. The highest BCUT2D eigenvalue weighted by atomic mass is 32.2. The lowest BCUT2D eigenvalue weighted by atomic mass is 10.0. The number of sulfone groups is 1. The molecule has 3 heterocycles. The monoisotopic (exact) mass is 327 g/mol. The minimum Gasteiger partial charge on any atom is -0.366 e. The molecule has 0 saturated carbocycles. The van der Waals surface area contributed by atoms with Crippen molar-refractivity contribution < 1.29 is 13.2 Å². The second-order valence-electron chi connectivity index (χ2n) is 5.56. The Balaban J connectivity index is 1.90. The molecule has 0 aliphatic carbocycles. The number of primary amides is 1. The van der Waals surface area contributed by atoms with Gasteiger partial charge in [0.1, 0.15) is 5.65 Å². The molecule has 0 radical (unpaired) electrons. The van der Waals surface area contributed by atoms with E-state index in [1.807, 2.05) is 6.07 Å². The van der Waals surface area contributed by atoms with Crippen molar-refractivity contribution in [2.75, 3.05) is 0 Å². The molecule has 0 fully saturated rings. The normalized spacial score (nSPS) is 18.9. The van der Waals surface area contributed by atoms with Gasteiger partial charge in [-0.05, 0) is 41.8 Å². The molecule has 4 rings (SSSR count). The van der Waals surface area contributed by atoms with Crippen LogP contribution in [-0.2, 0) is 16.3 Å². The number of pyridine rings is 1. The van der Waals surface area contributed by atoms with Gasteiger partial charge in [-0.3, -0.25) is 4.79 Å². The number of fused-ring (bicyclic) bond motifs is 2. The first-order valence-corrected chi connectivity index (χ1v) is 8.62. The van der Waals surface area contributed by atoms with E-state index in [9.17, 15) is 13.2 Å².